The molecule has 1 atom stereocenters. The molecule has 1 aliphatic heterocycles. The highest BCUT2D eigenvalue weighted by Gasteiger charge is 2.40. The highest BCUT2D eigenvalue weighted by Crippen LogP contribution is 2.36. The molecular formula is C25H28O3. The van der Waals surface area contributed by atoms with Gasteiger partial charge in [-0.1, -0.05) is 80.1 Å². The summed E-state index contributed by atoms with van der Waals surface area (Å²) in [6, 6.07) is 20.0. The number of unbranched alkanes of at least 4 members (excludes halogenated alkanes) is 1. The predicted molar refractivity (Wildman–Crippen MR) is 112 cm³/mol. The summed E-state index contributed by atoms with van der Waals surface area (Å²) >= 11 is 0. The van der Waals surface area contributed by atoms with Gasteiger partial charge in [-0.3, -0.25) is 0 Å². The molecule has 1 N–H and O–H groups in total. The van der Waals surface area contributed by atoms with Gasteiger partial charge in [-0.2, -0.15) is 0 Å². The third-order valence-corrected chi connectivity index (χ3v) is 5.17. The number of carbonyl (C=O) groups excluding carboxylic acids is 1. The second kappa shape index (κ2) is 9.41. The number of aliphatic hydroxyl groups is 1. The number of esters is 1. The van der Waals surface area contributed by atoms with Gasteiger partial charge in [-0.15, -0.1) is 0 Å². The first-order valence-electron chi connectivity index (χ1n) is 10.0. The molecule has 2 aromatic carbocycles. The Morgan fingerprint density at radius 3 is 2.29 bits per heavy atom. The van der Waals surface area contributed by atoms with Gasteiger partial charge in [-0.25, -0.2) is 4.79 Å². The van der Waals surface area contributed by atoms with Crippen LogP contribution in [0.4, 0.5) is 0 Å². The van der Waals surface area contributed by atoms with E-state index < -0.39 is 11.6 Å². The number of ether oxygens (including phenoxy) is 1. The third kappa shape index (κ3) is 5.13. The van der Waals surface area contributed by atoms with E-state index in [0.29, 0.717) is 19.3 Å². The van der Waals surface area contributed by atoms with E-state index in [9.17, 15) is 9.90 Å². The lowest BCUT2D eigenvalue weighted by Crippen LogP contribution is -2.42. The number of hydrogen-bond acceptors (Lipinski definition) is 3. The van der Waals surface area contributed by atoms with Crippen molar-refractivity contribution in [2.24, 2.45) is 0 Å². The predicted octanol–water partition coefficient (Wildman–Crippen LogP) is 5.72. The maximum Gasteiger partial charge on any atom is 0.342 e. The SMILES string of the molecule is CCCCC1(Cc2ccccc2)CC(O)=C(C=CCc2ccccc2)C(=O)O1. The second-order valence-corrected chi connectivity index (χ2v) is 7.47. The topological polar surface area (TPSA) is 46.5 Å². The number of aliphatic hydroxyl groups excluding tert-OH is 1. The molecule has 0 amide bonds. The molecule has 0 radical (unpaired) electrons. The van der Waals surface area contributed by atoms with Crippen molar-refractivity contribution in [1.82, 2.24) is 0 Å². The smallest absolute Gasteiger partial charge is 0.342 e. The Hall–Kier alpha value is -2.81. The summed E-state index contributed by atoms with van der Waals surface area (Å²) in [6.45, 7) is 2.12. The highest BCUT2D eigenvalue weighted by atomic mass is 16.6. The molecule has 0 aromatic heterocycles. The Bertz CT molecular complexity index is 837. The van der Waals surface area contributed by atoms with Crippen molar-refractivity contribution in [1.29, 1.82) is 0 Å². The number of benzene rings is 2. The number of hydrogen-bond donors (Lipinski definition) is 1. The molecule has 0 saturated heterocycles. The van der Waals surface area contributed by atoms with E-state index in [0.717, 1.165) is 30.4 Å². The van der Waals surface area contributed by atoms with Gasteiger partial charge in [0.1, 0.15) is 11.4 Å². The van der Waals surface area contributed by atoms with Crippen molar-refractivity contribution in [2.75, 3.05) is 0 Å². The van der Waals surface area contributed by atoms with E-state index in [1.54, 1.807) is 6.08 Å². The molecule has 0 bridgehead atoms. The maximum atomic E-state index is 12.7. The van der Waals surface area contributed by atoms with Gasteiger partial charge in [0.05, 0.1) is 5.57 Å². The van der Waals surface area contributed by atoms with Crippen LogP contribution < -0.4 is 0 Å². The second-order valence-electron chi connectivity index (χ2n) is 7.47. The molecule has 0 saturated carbocycles. The molecule has 0 fully saturated rings. The monoisotopic (exact) mass is 376 g/mol. The largest absolute Gasteiger partial charge is 0.511 e. The van der Waals surface area contributed by atoms with Crippen molar-refractivity contribution in [3.05, 3.63) is 95.3 Å². The van der Waals surface area contributed by atoms with Crippen molar-refractivity contribution in [3.8, 4) is 0 Å². The van der Waals surface area contributed by atoms with E-state index in [1.165, 1.54) is 0 Å². The van der Waals surface area contributed by atoms with Gasteiger partial charge in [0, 0.05) is 12.8 Å². The quantitative estimate of drug-likeness (QED) is 0.600. The zero-order chi connectivity index (χ0) is 19.8. The molecule has 3 nitrogen and oxygen atoms in total. The van der Waals surface area contributed by atoms with Crippen molar-refractivity contribution < 1.29 is 14.6 Å². The van der Waals surface area contributed by atoms with Crippen LogP contribution in [0.3, 0.4) is 0 Å². The molecule has 0 spiro atoms. The van der Waals surface area contributed by atoms with Gasteiger partial charge in [0.2, 0.25) is 0 Å². The van der Waals surface area contributed by atoms with Crippen LogP contribution in [0.2, 0.25) is 0 Å². The number of allylic oxidation sites excluding steroid dienone is 1. The van der Waals surface area contributed by atoms with E-state index in [-0.39, 0.29) is 11.3 Å². The van der Waals surface area contributed by atoms with Crippen LogP contribution >= 0.6 is 0 Å². The van der Waals surface area contributed by atoms with E-state index in [4.69, 9.17) is 4.74 Å². The number of carbonyl (C=O) groups is 1. The summed E-state index contributed by atoms with van der Waals surface area (Å²) < 4.78 is 5.96. The van der Waals surface area contributed by atoms with Crippen molar-refractivity contribution in [2.45, 2.75) is 51.0 Å². The Kier molecular flexibility index (Phi) is 6.70. The first kappa shape index (κ1) is 19.9. The zero-order valence-corrected chi connectivity index (χ0v) is 16.4. The fourth-order valence-corrected chi connectivity index (χ4v) is 3.69. The number of rotatable bonds is 8. The lowest BCUT2D eigenvalue weighted by Gasteiger charge is -2.37. The molecule has 1 heterocycles. The minimum atomic E-state index is -0.671. The molecule has 28 heavy (non-hydrogen) atoms. The molecule has 2 aromatic rings. The summed E-state index contributed by atoms with van der Waals surface area (Å²) in [5, 5.41) is 10.7. The lowest BCUT2D eigenvalue weighted by atomic mass is 9.83. The van der Waals surface area contributed by atoms with Crippen LogP contribution in [0, 0.1) is 0 Å². The minimum absolute atomic E-state index is 0.132. The molecule has 3 heteroatoms. The summed E-state index contributed by atoms with van der Waals surface area (Å²) in [6.07, 6.45) is 7.98. The van der Waals surface area contributed by atoms with Gasteiger partial charge >= 0.3 is 5.97 Å². The Balaban J connectivity index is 1.77. The van der Waals surface area contributed by atoms with Gasteiger partial charge in [0.25, 0.3) is 0 Å². The van der Waals surface area contributed by atoms with E-state index in [1.807, 2.05) is 66.7 Å². The fourth-order valence-electron chi connectivity index (χ4n) is 3.69. The van der Waals surface area contributed by atoms with Crippen LogP contribution in [0.15, 0.2) is 84.1 Å². The summed E-state index contributed by atoms with van der Waals surface area (Å²) in [5.41, 5.74) is 1.87. The molecular weight excluding hydrogens is 348 g/mol. The molecule has 1 unspecified atom stereocenters. The van der Waals surface area contributed by atoms with Crippen LogP contribution in [-0.4, -0.2) is 16.7 Å². The molecule has 0 aliphatic carbocycles. The number of cyclic esters (lactones) is 1. The van der Waals surface area contributed by atoms with Crippen LogP contribution in [0.1, 0.15) is 43.7 Å². The average Bonchev–Trinajstić information content (AvgIpc) is 2.70. The zero-order valence-electron chi connectivity index (χ0n) is 16.4. The summed E-state index contributed by atoms with van der Waals surface area (Å²) in [5.74, 6) is -0.298. The maximum absolute atomic E-state index is 12.7. The Morgan fingerprint density at radius 2 is 1.68 bits per heavy atom. The minimum Gasteiger partial charge on any atom is -0.511 e. The fraction of sp³-hybridized carbons (Fsp3) is 0.320. The van der Waals surface area contributed by atoms with E-state index in [2.05, 4.69) is 6.92 Å². The van der Waals surface area contributed by atoms with Gasteiger partial charge < -0.3 is 9.84 Å². The normalized spacial score (nSPS) is 19.8. The molecule has 146 valence electrons. The summed E-state index contributed by atoms with van der Waals surface area (Å²) in [7, 11) is 0. The molecule has 1 aliphatic rings. The van der Waals surface area contributed by atoms with E-state index >= 15 is 0 Å². The third-order valence-electron chi connectivity index (χ3n) is 5.17. The van der Waals surface area contributed by atoms with Crippen LogP contribution in [-0.2, 0) is 22.4 Å². The van der Waals surface area contributed by atoms with Crippen LogP contribution in [0.5, 0.6) is 0 Å². The Labute approximate surface area is 167 Å². The van der Waals surface area contributed by atoms with Crippen molar-refractivity contribution >= 4 is 5.97 Å². The lowest BCUT2D eigenvalue weighted by molar-refractivity contribution is -0.159. The summed E-state index contributed by atoms with van der Waals surface area (Å²) in [4.78, 5) is 12.7. The van der Waals surface area contributed by atoms with Gasteiger partial charge in [0.15, 0.2) is 0 Å². The van der Waals surface area contributed by atoms with Crippen molar-refractivity contribution in [3.63, 3.8) is 0 Å². The van der Waals surface area contributed by atoms with Gasteiger partial charge in [-0.05, 0) is 36.5 Å². The first-order chi connectivity index (χ1) is 13.6. The standard InChI is InChI=1S/C25H28O3/c1-2-3-17-25(18-21-13-8-5-9-14-21)19-23(26)22(24(27)28-25)16-10-15-20-11-6-4-7-12-20/h4-14,16,26H,2-3,15,17-19H2,1H3. The van der Waals surface area contributed by atoms with Crippen LogP contribution in [0.25, 0.3) is 0 Å². The Morgan fingerprint density at radius 1 is 1.04 bits per heavy atom. The first-order valence-corrected chi connectivity index (χ1v) is 10.0. The average molecular weight is 376 g/mol. The molecule has 3 rings (SSSR count). The highest BCUT2D eigenvalue weighted by molar-refractivity contribution is 5.93.